The Morgan fingerprint density at radius 2 is 1.90 bits per heavy atom. The lowest BCUT2D eigenvalue weighted by Crippen LogP contribution is -2.51. The number of hydrogen-bond donors (Lipinski definition) is 1. The predicted octanol–water partition coefficient (Wildman–Crippen LogP) is 3.11. The van der Waals surface area contributed by atoms with Crippen LogP contribution < -0.4 is 5.43 Å². The topological polar surface area (TPSA) is 32.3 Å². The minimum Gasteiger partial charge on any atom is -0.287 e. The molecule has 0 aliphatic carbocycles. The summed E-state index contributed by atoms with van der Waals surface area (Å²) in [6.07, 6.45) is -4.42. The van der Waals surface area contributed by atoms with Gasteiger partial charge < -0.3 is 0 Å². The summed E-state index contributed by atoms with van der Waals surface area (Å²) in [7, 11) is 0. The predicted molar refractivity (Wildman–Crippen MR) is 68.7 cm³/mol. The summed E-state index contributed by atoms with van der Waals surface area (Å²) >= 11 is 0. The number of hydrazine groups is 1. The number of nitrogens with zero attached hydrogens (tertiary/aromatic N) is 1. The molecule has 1 N–H and O–H groups in total. The Hall–Kier alpha value is -1.56. The first-order valence-corrected chi connectivity index (χ1v) is 6.34. The summed E-state index contributed by atoms with van der Waals surface area (Å²) < 4.78 is 40.5. The second-order valence-corrected chi connectivity index (χ2v) is 5.69. The van der Waals surface area contributed by atoms with Crippen molar-refractivity contribution in [3.05, 3.63) is 35.4 Å². The van der Waals surface area contributed by atoms with Gasteiger partial charge in [0.2, 0.25) is 5.91 Å². The average molecular weight is 286 g/mol. The van der Waals surface area contributed by atoms with Gasteiger partial charge in [-0.2, -0.15) is 18.2 Å². The molecule has 1 amide bonds. The van der Waals surface area contributed by atoms with Crippen molar-refractivity contribution in [2.75, 3.05) is 0 Å². The molecule has 0 bridgehead atoms. The second-order valence-electron chi connectivity index (χ2n) is 5.69. The van der Waals surface area contributed by atoms with Crippen molar-refractivity contribution in [1.82, 2.24) is 10.4 Å². The summed E-state index contributed by atoms with van der Waals surface area (Å²) in [6, 6.07) is 4.52. The highest BCUT2D eigenvalue weighted by atomic mass is 19.4. The molecule has 3 nitrogen and oxygen atoms in total. The fraction of sp³-hybridized carbons (Fsp3) is 0.500. The van der Waals surface area contributed by atoms with Gasteiger partial charge in [-0.05, 0) is 31.9 Å². The van der Waals surface area contributed by atoms with E-state index in [9.17, 15) is 18.0 Å². The molecule has 1 aliphatic rings. The van der Waals surface area contributed by atoms with Crippen LogP contribution in [0.5, 0.6) is 0 Å². The number of aryl methyl sites for hydroxylation is 1. The number of carbonyl (C=O) groups excluding carboxylic acids is 1. The van der Waals surface area contributed by atoms with Crippen molar-refractivity contribution >= 4 is 5.91 Å². The molecule has 0 radical (unpaired) electrons. The van der Waals surface area contributed by atoms with E-state index in [2.05, 4.69) is 5.43 Å². The van der Waals surface area contributed by atoms with Crippen LogP contribution in [0.1, 0.15) is 37.4 Å². The number of nitrogens with one attached hydrogen (secondary N) is 1. The molecule has 1 fully saturated rings. The third-order valence-electron chi connectivity index (χ3n) is 3.54. The van der Waals surface area contributed by atoms with Gasteiger partial charge in [-0.25, -0.2) is 0 Å². The number of alkyl halides is 3. The second kappa shape index (κ2) is 4.77. The standard InChI is InChI=1S/C14H17F3N2O/c1-9-6-4-5-7-10(9)12(14(15,16)17)19-13(2,3)8-11(20)18-19/h4-7,12H,8H2,1-3H3,(H,18,20)/t12-/m0/s1. The molecule has 110 valence electrons. The van der Waals surface area contributed by atoms with E-state index in [1.54, 1.807) is 39.0 Å². The van der Waals surface area contributed by atoms with Crippen molar-refractivity contribution in [3.63, 3.8) is 0 Å². The lowest BCUT2D eigenvalue weighted by Gasteiger charge is -2.38. The molecule has 1 aromatic carbocycles. The van der Waals surface area contributed by atoms with Crippen molar-refractivity contribution in [2.24, 2.45) is 0 Å². The van der Waals surface area contributed by atoms with E-state index in [1.807, 2.05) is 0 Å². The molecule has 20 heavy (non-hydrogen) atoms. The SMILES string of the molecule is Cc1ccccc1[C@H](N1NC(=O)CC1(C)C)C(F)(F)F. The molecule has 1 atom stereocenters. The number of halogens is 3. The summed E-state index contributed by atoms with van der Waals surface area (Å²) in [5.41, 5.74) is 2.17. The Labute approximate surface area is 115 Å². The normalized spacial score (nSPS) is 20.8. The molecule has 0 unspecified atom stereocenters. The highest BCUT2D eigenvalue weighted by Gasteiger charge is 2.53. The van der Waals surface area contributed by atoms with Gasteiger partial charge in [0.15, 0.2) is 6.04 Å². The smallest absolute Gasteiger partial charge is 0.287 e. The van der Waals surface area contributed by atoms with E-state index in [0.717, 1.165) is 5.01 Å². The van der Waals surface area contributed by atoms with Crippen molar-refractivity contribution in [1.29, 1.82) is 0 Å². The molecule has 0 aromatic heterocycles. The number of benzene rings is 1. The lowest BCUT2D eigenvalue weighted by molar-refractivity contribution is -0.204. The van der Waals surface area contributed by atoms with Gasteiger partial charge in [0.1, 0.15) is 0 Å². The Bertz CT molecular complexity index is 525. The Kier molecular flexibility index (Phi) is 3.54. The first-order valence-electron chi connectivity index (χ1n) is 6.34. The molecule has 1 heterocycles. The number of rotatable bonds is 2. The van der Waals surface area contributed by atoms with Crippen LogP contribution in [0, 0.1) is 6.92 Å². The third-order valence-corrected chi connectivity index (χ3v) is 3.54. The zero-order valence-corrected chi connectivity index (χ0v) is 11.6. The largest absolute Gasteiger partial charge is 0.409 e. The molecular weight excluding hydrogens is 269 g/mol. The van der Waals surface area contributed by atoms with Crippen LogP contribution in [0.25, 0.3) is 0 Å². The molecule has 0 spiro atoms. The van der Waals surface area contributed by atoms with Crippen LogP contribution >= 0.6 is 0 Å². The van der Waals surface area contributed by atoms with Crippen LogP contribution in [0.4, 0.5) is 13.2 Å². The number of amides is 1. The highest BCUT2D eigenvalue weighted by molar-refractivity contribution is 5.79. The highest BCUT2D eigenvalue weighted by Crippen LogP contribution is 2.43. The zero-order valence-electron chi connectivity index (χ0n) is 11.6. The van der Waals surface area contributed by atoms with Gasteiger partial charge >= 0.3 is 6.18 Å². The maximum atomic E-state index is 13.5. The van der Waals surface area contributed by atoms with Crippen molar-refractivity contribution in [2.45, 2.75) is 44.9 Å². The quantitative estimate of drug-likeness (QED) is 0.906. The first-order chi connectivity index (χ1) is 9.13. The summed E-state index contributed by atoms with van der Waals surface area (Å²) in [6.45, 7) is 4.89. The Morgan fingerprint density at radius 1 is 1.30 bits per heavy atom. The van der Waals surface area contributed by atoms with Crippen LogP contribution in [-0.2, 0) is 4.79 Å². The zero-order chi connectivity index (χ0) is 15.1. The van der Waals surface area contributed by atoms with Gasteiger partial charge in [0.25, 0.3) is 0 Å². The summed E-state index contributed by atoms with van der Waals surface area (Å²) in [4.78, 5) is 11.5. The van der Waals surface area contributed by atoms with E-state index >= 15 is 0 Å². The molecule has 1 aromatic rings. The Morgan fingerprint density at radius 3 is 2.35 bits per heavy atom. The van der Waals surface area contributed by atoms with E-state index in [1.165, 1.54) is 6.07 Å². The summed E-state index contributed by atoms with van der Waals surface area (Å²) in [5.74, 6) is -0.391. The van der Waals surface area contributed by atoms with Gasteiger partial charge in [0.05, 0.1) is 0 Å². The van der Waals surface area contributed by atoms with E-state index < -0.39 is 23.7 Å². The van der Waals surface area contributed by atoms with Crippen LogP contribution in [0.2, 0.25) is 0 Å². The minimum atomic E-state index is -4.47. The minimum absolute atomic E-state index is 0.0471. The van der Waals surface area contributed by atoms with Crippen LogP contribution in [-0.4, -0.2) is 22.6 Å². The van der Waals surface area contributed by atoms with E-state index in [-0.39, 0.29) is 12.0 Å². The third kappa shape index (κ3) is 2.65. The fourth-order valence-corrected chi connectivity index (χ4v) is 2.57. The van der Waals surface area contributed by atoms with Gasteiger partial charge in [-0.1, -0.05) is 24.3 Å². The van der Waals surface area contributed by atoms with Gasteiger partial charge in [-0.15, -0.1) is 0 Å². The first kappa shape index (κ1) is 14.8. The molecule has 0 saturated carbocycles. The lowest BCUT2D eigenvalue weighted by atomic mass is 9.95. The number of hydrogen-bond acceptors (Lipinski definition) is 2. The van der Waals surface area contributed by atoms with E-state index in [4.69, 9.17) is 0 Å². The van der Waals surface area contributed by atoms with Crippen LogP contribution in [0.3, 0.4) is 0 Å². The monoisotopic (exact) mass is 286 g/mol. The van der Waals surface area contributed by atoms with Crippen LogP contribution in [0.15, 0.2) is 24.3 Å². The van der Waals surface area contributed by atoms with Gasteiger partial charge in [0, 0.05) is 12.0 Å². The molecule has 1 aliphatic heterocycles. The Balaban J connectivity index is 2.50. The molecular formula is C14H17F3N2O. The van der Waals surface area contributed by atoms with E-state index in [0.29, 0.717) is 5.56 Å². The molecule has 1 saturated heterocycles. The summed E-state index contributed by atoms with van der Waals surface area (Å²) in [5, 5.41) is 1.03. The molecule has 2 rings (SSSR count). The maximum Gasteiger partial charge on any atom is 0.409 e. The molecule has 6 heteroatoms. The van der Waals surface area contributed by atoms with Crippen molar-refractivity contribution in [3.8, 4) is 0 Å². The van der Waals surface area contributed by atoms with Crippen molar-refractivity contribution < 1.29 is 18.0 Å². The number of carbonyl (C=O) groups is 1. The maximum absolute atomic E-state index is 13.5. The fourth-order valence-electron chi connectivity index (χ4n) is 2.57. The average Bonchev–Trinajstić information content (AvgIpc) is 2.53. The van der Waals surface area contributed by atoms with Gasteiger partial charge in [-0.3, -0.25) is 10.2 Å².